The van der Waals surface area contributed by atoms with Crippen LogP contribution in [0.3, 0.4) is 0 Å². The average molecular weight is 322 g/mol. The van der Waals surface area contributed by atoms with Crippen LogP contribution in [0.2, 0.25) is 0 Å². The van der Waals surface area contributed by atoms with E-state index in [1.54, 1.807) is 0 Å². The number of hydrogen-bond acceptors (Lipinski definition) is 6. The second-order valence-electron chi connectivity index (χ2n) is 4.53. The highest BCUT2D eigenvalue weighted by Gasteiger charge is 2.21. The molecule has 1 aromatic rings. The highest BCUT2D eigenvalue weighted by Crippen LogP contribution is 2.15. The van der Waals surface area contributed by atoms with Crippen molar-refractivity contribution in [2.45, 2.75) is 20.1 Å². The fourth-order valence-corrected chi connectivity index (χ4v) is 1.53. The number of benzene rings is 1. The molecular formula is C15H14O8. The summed E-state index contributed by atoms with van der Waals surface area (Å²) in [5, 5.41) is 17.9. The van der Waals surface area contributed by atoms with Gasteiger partial charge in [-0.3, -0.25) is 0 Å². The van der Waals surface area contributed by atoms with E-state index in [9.17, 15) is 19.2 Å². The van der Waals surface area contributed by atoms with Gasteiger partial charge < -0.3 is 19.7 Å². The van der Waals surface area contributed by atoms with Gasteiger partial charge in [-0.2, -0.15) is 0 Å². The Balaban J connectivity index is 2.94. The number of ether oxygens (including phenoxy) is 2. The fourth-order valence-electron chi connectivity index (χ4n) is 1.53. The van der Waals surface area contributed by atoms with Crippen LogP contribution in [0, 0.1) is 0 Å². The molecule has 0 saturated carbocycles. The molecule has 0 heterocycles. The largest absolute Gasteiger partial charge is 0.478 e. The Morgan fingerprint density at radius 2 is 1.61 bits per heavy atom. The first-order valence-electron chi connectivity index (χ1n) is 6.31. The lowest BCUT2D eigenvalue weighted by atomic mass is 10.0. The fraction of sp³-hybridized carbons (Fsp3) is 0.200. The summed E-state index contributed by atoms with van der Waals surface area (Å²) in [6, 6.07) is 2.96. The van der Waals surface area contributed by atoms with E-state index in [0.717, 1.165) is 18.2 Å². The predicted octanol–water partition coefficient (Wildman–Crippen LogP) is 1.71. The Kier molecular flexibility index (Phi) is 5.61. The summed E-state index contributed by atoms with van der Waals surface area (Å²) in [6.07, 6.45) is -1.22. The summed E-state index contributed by atoms with van der Waals surface area (Å²) in [5.74, 6) is -4.66. The van der Waals surface area contributed by atoms with Gasteiger partial charge >= 0.3 is 23.9 Å². The van der Waals surface area contributed by atoms with E-state index in [0.29, 0.717) is 0 Å². The van der Waals surface area contributed by atoms with E-state index in [2.05, 4.69) is 6.58 Å². The van der Waals surface area contributed by atoms with E-state index >= 15 is 0 Å². The number of carbonyl (C=O) groups excluding carboxylic acids is 2. The molecule has 0 fully saturated rings. The molecule has 1 atom stereocenters. The number of rotatable bonds is 6. The van der Waals surface area contributed by atoms with E-state index in [-0.39, 0.29) is 11.1 Å². The molecule has 0 aliphatic carbocycles. The van der Waals surface area contributed by atoms with Crippen molar-refractivity contribution >= 4 is 23.9 Å². The SMILES string of the molecule is C=C(C)C(=O)OC(C)OC(=O)c1ccc(C(=O)O)c(C(=O)O)c1. The maximum absolute atomic E-state index is 11.9. The van der Waals surface area contributed by atoms with E-state index < -0.39 is 41.3 Å². The van der Waals surface area contributed by atoms with Crippen molar-refractivity contribution in [2.24, 2.45) is 0 Å². The minimum Gasteiger partial charge on any atom is -0.478 e. The maximum Gasteiger partial charge on any atom is 0.341 e. The van der Waals surface area contributed by atoms with Crippen LogP contribution < -0.4 is 0 Å². The molecule has 122 valence electrons. The smallest absolute Gasteiger partial charge is 0.341 e. The van der Waals surface area contributed by atoms with Gasteiger partial charge in [-0.05, 0) is 25.1 Å². The van der Waals surface area contributed by atoms with Gasteiger partial charge in [0.15, 0.2) is 0 Å². The zero-order valence-corrected chi connectivity index (χ0v) is 12.4. The number of carbonyl (C=O) groups is 4. The first kappa shape index (κ1) is 17.9. The van der Waals surface area contributed by atoms with Crippen LogP contribution in [0.1, 0.15) is 44.9 Å². The lowest BCUT2D eigenvalue weighted by molar-refractivity contribution is -0.160. The van der Waals surface area contributed by atoms with Crippen molar-refractivity contribution in [3.05, 3.63) is 47.0 Å². The molecule has 0 aliphatic heterocycles. The first-order valence-corrected chi connectivity index (χ1v) is 6.31. The number of hydrogen-bond donors (Lipinski definition) is 2. The molecular weight excluding hydrogens is 308 g/mol. The molecule has 0 saturated heterocycles. The highest BCUT2D eigenvalue weighted by molar-refractivity contribution is 6.03. The first-order chi connectivity index (χ1) is 10.6. The lowest BCUT2D eigenvalue weighted by Gasteiger charge is -2.14. The Morgan fingerprint density at radius 1 is 1.04 bits per heavy atom. The van der Waals surface area contributed by atoms with Crippen LogP contribution in [0.15, 0.2) is 30.4 Å². The molecule has 23 heavy (non-hydrogen) atoms. The van der Waals surface area contributed by atoms with Crippen molar-refractivity contribution in [1.29, 1.82) is 0 Å². The van der Waals surface area contributed by atoms with Crippen molar-refractivity contribution in [3.63, 3.8) is 0 Å². The van der Waals surface area contributed by atoms with Crippen LogP contribution in [0.25, 0.3) is 0 Å². The summed E-state index contributed by atoms with van der Waals surface area (Å²) >= 11 is 0. The summed E-state index contributed by atoms with van der Waals surface area (Å²) < 4.78 is 9.58. The van der Waals surface area contributed by atoms with Gasteiger partial charge in [0, 0.05) is 12.5 Å². The van der Waals surface area contributed by atoms with Gasteiger partial charge in [-0.25, -0.2) is 19.2 Å². The van der Waals surface area contributed by atoms with Gasteiger partial charge in [0.05, 0.1) is 16.7 Å². The zero-order valence-electron chi connectivity index (χ0n) is 12.4. The molecule has 2 N–H and O–H groups in total. The van der Waals surface area contributed by atoms with Crippen LogP contribution in [-0.2, 0) is 14.3 Å². The highest BCUT2D eigenvalue weighted by atomic mass is 16.7. The van der Waals surface area contributed by atoms with E-state index in [1.807, 2.05) is 0 Å². The van der Waals surface area contributed by atoms with Gasteiger partial charge in [-0.1, -0.05) is 6.58 Å². The van der Waals surface area contributed by atoms with Crippen molar-refractivity contribution in [1.82, 2.24) is 0 Å². The Hall–Kier alpha value is -3.16. The van der Waals surface area contributed by atoms with Crippen molar-refractivity contribution in [2.75, 3.05) is 0 Å². The summed E-state index contributed by atoms with van der Waals surface area (Å²) in [7, 11) is 0. The molecule has 1 rings (SSSR count). The molecule has 0 aromatic heterocycles. The van der Waals surface area contributed by atoms with Crippen molar-refractivity contribution < 1.29 is 38.9 Å². The van der Waals surface area contributed by atoms with E-state index in [1.165, 1.54) is 13.8 Å². The topological polar surface area (TPSA) is 127 Å². The Labute approximate surface area is 130 Å². The van der Waals surface area contributed by atoms with Crippen molar-refractivity contribution in [3.8, 4) is 0 Å². The molecule has 1 unspecified atom stereocenters. The molecule has 8 nitrogen and oxygen atoms in total. The molecule has 0 radical (unpaired) electrons. The summed E-state index contributed by atoms with van der Waals surface area (Å²) in [6.45, 7) is 6.08. The number of esters is 2. The lowest BCUT2D eigenvalue weighted by Crippen LogP contribution is -2.22. The molecule has 1 aromatic carbocycles. The van der Waals surface area contributed by atoms with Crippen LogP contribution in [-0.4, -0.2) is 40.4 Å². The molecule has 0 spiro atoms. The third kappa shape index (κ3) is 4.67. The quantitative estimate of drug-likeness (QED) is 0.460. The van der Waals surface area contributed by atoms with Gasteiger partial charge in [0.2, 0.25) is 6.29 Å². The number of carboxylic acid groups (broad SMARTS) is 2. The molecule has 0 amide bonds. The second kappa shape index (κ2) is 7.21. The zero-order chi connectivity index (χ0) is 17.7. The van der Waals surface area contributed by atoms with E-state index in [4.69, 9.17) is 19.7 Å². The van der Waals surface area contributed by atoms with Gasteiger partial charge in [0.25, 0.3) is 0 Å². The van der Waals surface area contributed by atoms with Gasteiger partial charge in [0.1, 0.15) is 0 Å². The van der Waals surface area contributed by atoms with Crippen LogP contribution in [0.4, 0.5) is 0 Å². The summed E-state index contributed by atoms with van der Waals surface area (Å²) in [4.78, 5) is 45.1. The monoisotopic (exact) mass is 322 g/mol. The van der Waals surface area contributed by atoms with Crippen LogP contribution >= 0.6 is 0 Å². The number of aromatic carboxylic acids is 2. The predicted molar refractivity (Wildman–Crippen MR) is 76.1 cm³/mol. The molecule has 0 bridgehead atoms. The summed E-state index contributed by atoms with van der Waals surface area (Å²) in [5.41, 5.74) is -1.09. The van der Waals surface area contributed by atoms with Crippen LogP contribution in [0.5, 0.6) is 0 Å². The second-order valence-corrected chi connectivity index (χ2v) is 4.53. The normalized spacial score (nSPS) is 11.2. The van der Waals surface area contributed by atoms with Gasteiger partial charge in [-0.15, -0.1) is 0 Å². The average Bonchev–Trinajstić information content (AvgIpc) is 2.45. The maximum atomic E-state index is 11.9. The minimum atomic E-state index is -1.50. The molecule has 8 heteroatoms. The Morgan fingerprint density at radius 3 is 2.09 bits per heavy atom. The third-order valence-corrected chi connectivity index (χ3v) is 2.61. The Bertz CT molecular complexity index is 689. The third-order valence-electron chi connectivity index (χ3n) is 2.61. The standard InChI is InChI=1S/C15H14O8/c1-7(2)14(20)22-8(3)23-15(21)9-4-5-10(12(16)17)11(6-9)13(18)19/h4-6,8H,1H2,2-3H3,(H,16,17)(H,18,19). The number of carboxylic acids is 2. The minimum absolute atomic E-state index is 0.117. The molecule has 0 aliphatic rings.